The van der Waals surface area contributed by atoms with Gasteiger partial charge in [0, 0.05) is 19.5 Å². The predicted octanol–water partition coefficient (Wildman–Crippen LogP) is 1.58. The number of rotatable bonds is 10. The molecule has 0 heterocycles. The van der Waals surface area contributed by atoms with Crippen LogP contribution < -0.4 is 15.4 Å². The molecule has 0 spiro atoms. The van der Waals surface area contributed by atoms with Gasteiger partial charge in [0.15, 0.2) is 0 Å². The topological polar surface area (TPSA) is 105 Å². The fourth-order valence-electron chi connectivity index (χ4n) is 2.45. The highest BCUT2D eigenvalue weighted by atomic mass is 16.5. The van der Waals surface area contributed by atoms with Gasteiger partial charge in [-0.05, 0) is 38.3 Å². The van der Waals surface area contributed by atoms with Crippen LogP contribution in [0, 0.1) is 5.41 Å². The lowest BCUT2D eigenvalue weighted by atomic mass is 10.1. The summed E-state index contributed by atoms with van der Waals surface area (Å²) in [6.45, 7) is 2.86. The third kappa shape index (κ3) is 5.20. The molecule has 1 fully saturated rings. The Balaban J connectivity index is 1.68. The normalized spacial score (nSPS) is 14.4. The zero-order valence-electron chi connectivity index (χ0n) is 14.3. The lowest BCUT2D eigenvalue weighted by Gasteiger charge is -2.12. The van der Waals surface area contributed by atoms with Crippen LogP contribution in [0.1, 0.15) is 43.0 Å². The fourth-order valence-corrected chi connectivity index (χ4v) is 2.45. The minimum absolute atomic E-state index is 0.176. The summed E-state index contributed by atoms with van der Waals surface area (Å²) < 4.78 is 5.42. The van der Waals surface area contributed by atoms with E-state index in [2.05, 4.69) is 10.6 Å². The maximum absolute atomic E-state index is 12.2. The molecule has 0 radical (unpaired) electrons. The molecule has 25 heavy (non-hydrogen) atoms. The highest BCUT2D eigenvalue weighted by Crippen LogP contribution is 2.45. The van der Waals surface area contributed by atoms with Crippen molar-refractivity contribution in [3.63, 3.8) is 0 Å². The molecule has 1 aromatic carbocycles. The lowest BCUT2D eigenvalue weighted by Crippen LogP contribution is -2.34. The Hall–Kier alpha value is -2.57. The van der Waals surface area contributed by atoms with E-state index in [0.717, 1.165) is 0 Å². The summed E-state index contributed by atoms with van der Waals surface area (Å²) in [5.41, 5.74) is -0.293. The quantitative estimate of drug-likeness (QED) is 0.557. The first-order valence-corrected chi connectivity index (χ1v) is 8.48. The Morgan fingerprint density at radius 3 is 2.56 bits per heavy atom. The van der Waals surface area contributed by atoms with Crippen molar-refractivity contribution in [2.24, 2.45) is 5.41 Å². The Kier molecular flexibility index (Phi) is 6.38. The number of nitrogens with one attached hydrogen (secondary N) is 2. The number of ether oxygens (including phenoxy) is 1. The van der Waals surface area contributed by atoms with Crippen molar-refractivity contribution in [2.45, 2.75) is 32.6 Å². The Labute approximate surface area is 146 Å². The molecule has 0 saturated heterocycles. The van der Waals surface area contributed by atoms with Gasteiger partial charge in [-0.2, -0.15) is 0 Å². The van der Waals surface area contributed by atoms with E-state index < -0.39 is 11.4 Å². The molecule has 2 rings (SSSR count). The number of benzene rings is 1. The number of carboxylic acid groups (broad SMARTS) is 1. The van der Waals surface area contributed by atoms with Crippen LogP contribution in [0.3, 0.4) is 0 Å². The molecule has 136 valence electrons. The van der Waals surface area contributed by atoms with Crippen molar-refractivity contribution in [1.82, 2.24) is 10.6 Å². The smallest absolute Gasteiger partial charge is 0.311 e. The van der Waals surface area contributed by atoms with E-state index in [4.69, 9.17) is 9.84 Å². The molecule has 1 aliphatic rings. The molecule has 1 saturated carbocycles. The van der Waals surface area contributed by atoms with Gasteiger partial charge in [0.25, 0.3) is 5.91 Å². The summed E-state index contributed by atoms with van der Waals surface area (Å²) in [5, 5.41) is 14.5. The molecule has 2 amide bonds. The number of aliphatic carboxylic acids is 1. The summed E-state index contributed by atoms with van der Waals surface area (Å²) in [5.74, 6) is -0.763. The van der Waals surface area contributed by atoms with Gasteiger partial charge in [0.1, 0.15) is 5.75 Å². The molecule has 7 nitrogen and oxygen atoms in total. The lowest BCUT2D eigenvalue weighted by molar-refractivity contribution is -0.143. The van der Waals surface area contributed by atoms with E-state index in [-0.39, 0.29) is 24.8 Å². The minimum atomic E-state index is -0.854. The van der Waals surface area contributed by atoms with E-state index in [1.165, 1.54) is 0 Å². The number of hydrogen-bond acceptors (Lipinski definition) is 4. The average Bonchev–Trinajstić information content (AvgIpc) is 3.39. The van der Waals surface area contributed by atoms with Crippen LogP contribution in [-0.4, -0.2) is 42.6 Å². The van der Waals surface area contributed by atoms with Crippen molar-refractivity contribution in [3.8, 4) is 5.75 Å². The second-order valence-electron chi connectivity index (χ2n) is 6.15. The zero-order chi connectivity index (χ0) is 18.3. The molecular weight excluding hydrogens is 324 g/mol. The second-order valence-corrected chi connectivity index (χ2v) is 6.15. The maximum atomic E-state index is 12.2. The molecule has 0 bridgehead atoms. The molecular formula is C18H24N2O5. The molecule has 0 atom stereocenters. The number of hydrogen-bond donors (Lipinski definition) is 3. The SMILES string of the molecule is CCOc1ccccc1C(=O)NCCCC(=O)NCC1(C(=O)O)CC1. The number of amides is 2. The average molecular weight is 348 g/mol. The van der Waals surface area contributed by atoms with Gasteiger partial charge in [0.2, 0.25) is 5.91 Å². The Bertz CT molecular complexity index is 640. The standard InChI is InChI=1S/C18H24N2O5/c1-2-25-14-7-4-3-6-13(14)16(22)19-11-5-8-15(21)20-12-18(9-10-18)17(23)24/h3-4,6-7H,2,5,8-12H2,1H3,(H,19,22)(H,20,21)(H,23,24). The molecule has 0 unspecified atom stereocenters. The van der Waals surface area contributed by atoms with Crippen molar-refractivity contribution < 1.29 is 24.2 Å². The van der Waals surface area contributed by atoms with Crippen molar-refractivity contribution >= 4 is 17.8 Å². The summed E-state index contributed by atoms with van der Waals surface area (Å²) in [6, 6.07) is 6.99. The summed E-state index contributed by atoms with van der Waals surface area (Å²) >= 11 is 0. The van der Waals surface area contributed by atoms with E-state index in [0.29, 0.717) is 43.7 Å². The summed E-state index contributed by atoms with van der Waals surface area (Å²) in [7, 11) is 0. The largest absolute Gasteiger partial charge is 0.493 e. The number of carbonyl (C=O) groups is 3. The van der Waals surface area contributed by atoms with E-state index in [9.17, 15) is 14.4 Å². The van der Waals surface area contributed by atoms with Crippen molar-refractivity contribution in [3.05, 3.63) is 29.8 Å². The van der Waals surface area contributed by atoms with Gasteiger partial charge in [-0.3, -0.25) is 14.4 Å². The van der Waals surface area contributed by atoms with Crippen LogP contribution in [0.15, 0.2) is 24.3 Å². The zero-order valence-corrected chi connectivity index (χ0v) is 14.3. The van der Waals surface area contributed by atoms with Gasteiger partial charge >= 0.3 is 5.97 Å². The molecule has 0 aromatic heterocycles. The Morgan fingerprint density at radius 2 is 1.92 bits per heavy atom. The van der Waals surface area contributed by atoms with Crippen LogP contribution >= 0.6 is 0 Å². The Morgan fingerprint density at radius 1 is 1.20 bits per heavy atom. The van der Waals surface area contributed by atoms with E-state index in [1.54, 1.807) is 24.3 Å². The molecule has 1 aliphatic carbocycles. The molecule has 1 aromatic rings. The molecule has 3 N–H and O–H groups in total. The van der Waals surface area contributed by atoms with Crippen LogP contribution in [0.4, 0.5) is 0 Å². The van der Waals surface area contributed by atoms with Gasteiger partial charge in [-0.25, -0.2) is 0 Å². The third-order valence-corrected chi connectivity index (χ3v) is 4.23. The van der Waals surface area contributed by atoms with Gasteiger partial charge in [-0.15, -0.1) is 0 Å². The van der Waals surface area contributed by atoms with Crippen molar-refractivity contribution in [2.75, 3.05) is 19.7 Å². The van der Waals surface area contributed by atoms with Crippen LogP contribution in [-0.2, 0) is 9.59 Å². The number of carboxylic acids is 1. The van der Waals surface area contributed by atoms with Gasteiger partial charge in [0.05, 0.1) is 17.6 Å². The molecule has 7 heteroatoms. The van der Waals surface area contributed by atoms with Crippen LogP contribution in [0.25, 0.3) is 0 Å². The molecule has 0 aliphatic heterocycles. The van der Waals surface area contributed by atoms with Gasteiger partial charge in [-0.1, -0.05) is 12.1 Å². The van der Waals surface area contributed by atoms with Crippen LogP contribution in [0.2, 0.25) is 0 Å². The third-order valence-electron chi connectivity index (χ3n) is 4.23. The fraction of sp³-hybridized carbons (Fsp3) is 0.500. The number of para-hydroxylation sites is 1. The van der Waals surface area contributed by atoms with Crippen LogP contribution in [0.5, 0.6) is 5.75 Å². The summed E-state index contributed by atoms with van der Waals surface area (Å²) in [6.07, 6.45) is 1.94. The second kappa shape index (κ2) is 8.50. The van der Waals surface area contributed by atoms with Crippen molar-refractivity contribution in [1.29, 1.82) is 0 Å². The highest BCUT2D eigenvalue weighted by molar-refractivity contribution is 5.96. The maximum Gasteiger partial charge on any atom is 0.311 e. The first-order valence-electron chi connectivity index (χ1n) is 8.48. The van der Waals surface area contributed by atoms with E-state index in [1.807, 2.05) is 6.92 Å². The number of carbonyl (C=O) groups excluding carboxylic acids is 2. The monoisotopic (exact) mass is 348 g/mol. The minimum Gasteiger partial charge on any atom is -0.493 e. The first-order chi connectivity index (χ1) is 12.0. The predicted molar refractivity (Wildman–Crippen MR) is 91.5 cm³/mol. The summed E-state index contributed by atoms with van der Waals surface area (Å²) in [4.78, 5) is 35.0. The highest BCUT2D eigenvalue weighted by Gasteiger charge is 2.50. The van der Waals surface area contributed by atoms with Gasteiger partial charge < -0.3 is 20.5 Å². The van der Waals surface area contributed by atoms with E-state index >= 15 is 0 Å². The first kappa shape index (κ1) is 18.8.